The van der Waals surface area contributed by atoms with Crippen molar-refractivity contribution < 1.29 is 19.5 Å². The van der Waals surface area contributed by atoms with Crippen LogP contribution in [0.3, 0.4) is 0 Å². The van der Waals surface area contributed by atoms with Gasteiger partial charge < -0.3 is 21.5 Å². The standard InChI is InChI=1S/C19H23N3O4/c1-11(20)17(23)22-16(18(24)21-12(2)19(25)26)10-13-7-8-14-5-3-4-6-15(14)9-13/h3-9,11-12,16H,10,20H2,1-2H3,(H,21,24)(H,22,23)(H,25,26)/t11-,12+,16-/m1/s1. The molecule has 0 saturated heterocycles. The van der Waals surface area contributed by atoms with Crippen molar-refractivity contribution in [2.24, 2.45) is 5.73 Å². The van der Waals surface area contributed by atoms with E-state index in [0.29, 0.717) is 0 Å². The van der Waals surface area contributed by atoms with Crippen LogP contribution < -0.4 is 16.4 Å². The van der Waals surface area contributed by atoms with Crippen LogP contribution in [-0.2, 0) is 20.8 Å². The number of aliphatic carboxylic acids is 1. The number of hydrogen-bond donors (Lipinski definition) is 4. The first kappa shape index (κ1) is 19.4. The molecule has 5 N–H and O–H groups in total. The van der Waals surface area contributed by atoms with Crippen LogP contribution in [0.1, 0.15) is 19.4 Å². The molecule has 0 aromatic heterocycles. The zero-order chi connectivity index (χ0) is 19.3. The quantitative estimate of drug-likeness (QED) is 0.584. The Hall–Kier alpha value is -2.93. The number of carbonyl (C=O) groups excluding carboxylic acids is 2. The van der Waals surface area contributed by atoms with Crippen LogP contribution >= 0.6 is 0 Å². The van der Waals surface area contributed by atoms with Gasteiger partial charge in [0.2, 0.25) is 11.8 Å². The number of benzene rings is 2. The molecule has 0 aliphatic rings. The van der Waals surface area contributed by atoms with E-state index in [1.807, 2.05) is 42.5 Å². The van der Waals surface area contributed by atoms with Gasteiger partial charge in [-0.05, 0) is 30.2 Å². The minimum Gasteiger partial charge on any atom is -0.480 e. The van der Waals surface area contributed by atoms with Gasteiger partial charge in [0.25, 0.3) is 0 Å². The summed E-state index contributed by atoms with van der Waals surface area (Å²) in [7, 11) is 0. The van der Waals surface area contributed by atoms with Gasteiger partial charge in [0.15, 0.2) is 0 Å². The Morgan fingerprint density at radius 1 is 1.00 bits per heavy atom. The van der Waals surface area contributed by atoms with Crippen molar-refractivity contribution in [3.05, 3.63) is 48.0 Å². The van der Waals surface area contributed by atoms with E-state index in [2.05, 4.69) is 10.6 Å². The summed E-state index contributed by atoms with van der Waals surface area (Å²) in [6.45, 7) is 2.88. The zero-order valence-corrected chi connectivity index (χ0v) is 14.7. The fourth-order valence-corrected chi connectivity index (χ4v) is 2.49. The highest BCUT2D eigenvalue weighted by Gasteiger charge is 2.25. The maximum atomic E-state index is 12.5. The highest BCUT2D eigenvalue weighted by molar-refractivity contribution is 5.92. The van der Waals surface area contributed by atoms with Crippen molar-refractivity contribution in [1.29, 1.82) is 0 Å². The molecule has 2 aromatic rings. The molecule has 2 rings (SSSR count). The molecule has 0 bridgehead atoms. The van der Waals surface area contributed by atoms with Crippen LogP contribution in [0.5, 0.6) is 0 Å². The van der Waals surface area contributed by atoms with Crippen LogP contribution in [-0.4, -0.2) is 41.0 Å². The number of carboxylic acids is 1. The summed E-state index contributed by atoms with van der Waals surface area (Å²) < 4.78 is 0. The van der Waals surface area contributed by atoms with Gasteiger partial charge in [0.1, 0.15) is 12.1 Å². The normalized spacial score (nSPS) is 14.3. The van der Waals surface area contributed by atoms with Crippen molar-refractivity contribution >= 4 is 28.6 Å². The van der Waals surface area contributed by atoms with Gasteiger partial charge in [-0.2, -0.15) is 0 Å². The SMILES string of the molecule is C[C@H](NC(=O)[C@@H](Cc1ccc2ccccc2c1)NC(=O)[C@@H](C)N)C(=O)O. The minimum atomic E-state index is -1.15. The minimum absolute atomic E-state index is 0.224. The number of rotatable bonds is 7. The van der Waals surface area contributed by atoms with Gasteiger partial charge >= 0.3 is 5.97 Å². The predicted octanol–water partition coefficient (Wildman–Crippen LogP) is 0.804. The summed E-state index contributed by atoms with van der Waals surface area (Å²) >= 11 is 0. The Balaban J connectivity index is 2.22. The topological polar surface area (TPSA) is 122 Å². The number of fused-ring (bicyclic) bond motifs is 1. The molecule has 3 atom stereocenters. The first-order valence-corrected chi connectivity index (χ1v) is 8.34. The summed E-state index contributed by atoms with van der Waals surface area (Å²) in [6.07, 6.45) is 0.224. The fourth-order valence-electron chi connectivity index (χ4n) is 2.49. The largest absolute Gasteiger partial charge is 0.480 e. The molecule has 7 nitrogen and oxygen atoms in total. The third-order valence-corrected chi connectivity index (χ3v) is 4.03. The molecular weight excluding hydrogens is 334 g/mol. The number of nitrogens with two attached hydrogens (primary N) is 1. The number of hydrogen-bond acceptors (Lipinski definition) is 4. The van der Waals surface area contributed by atoms with Crippen molar-refractivity contribution in [2.75, 3.05) is 0 Å². The molecule has 26 heavy (non-hydrogen) atoms. The highest BCUT2D eigenvalue weighted by Crippen LogP contribution is 2.17. The molecule has 7 heteroatoms. The van der Waals surface area contributed by atoms with E-state index in [0.717, 1.165) is 16.3 Å². The molecule has 138 valence electrons. The predicted molar refractivity (Wildman–Crippen MR) is 98.5 cm³/mol. The third kappa shape index (κ3) is 5.03. The maximum absolute atomic E-state index is 12.5. The summed E-state index contributed by atoms with van der Waals surface area (Å²) in [4.78, 5) is 35.4. The van der Waals surface area contributed by atoms with E-state index in [-0.39, 0.29) is 6.42 Å². The van der Waals surface area contributed by atoms with Crippen LogP contribution in [0.2, 0.25) is 0 Å². The van der Waals surface area contributed by atoms with Crippen molar-refractivity contribution in [1.82, 2.24) is 10.6 Å². The van der Waals surface area contributed by atoms with E-state index in [9.17, 15) is 14.4 Å². The monoisotopic (exact) mass is 357 g/mol. The van der Waals surface area contributed by atoms with Crippen LogP contribution in [0.25, 0.3) is 10.8 Å². The molecular formula is C19H23N3O4. The number of carboxylic acid groups (broad SMARTS) is 1. The second-order valence-corrected chi connectivity index (χ2v) is 6.30. The average molecular weight is 357 g/mol. The van der Waals surface area contributed by atoms with Gasteiger partial charge in [0.05, 0.1) is 6.04 Å². The Kier molecular flexibility index (Phi) is 6.30. The maximum Gasteiger partial charge on any atom is 0.325 e. The van der Waals surface area contributed by atoms with E-state index < -0.39 is 35.9 Å². The van der Waals surface area contributed by atoms with E-state index in [1.165, 1.54) is 13.8 Å². The van der Waals surface area contributed by atoms with Crippen molar-refractivity contribution in [3.8, 4) is 0 Å². The van der Waals surface area contributed by atoms with E-state index in [4.69, 9.17) is 10.8 Å². The number of nitrogens with one attached hydrogen (secondary N) is 2. The number of carbonyl (C=O) groups is 3. The molecule has 0 fully saturated rings. The Morgan fingerprint density at radius 3 is 2.27 bits per heavy atom. The summed E-state index contributed by atoms with van der Waals surface area (Å²) in [5.41, 5.74) is 6.41. The van der Waals surface area contributed by atoms with Gasteiger partial charge in [-0.1, -0.05) is 42.5 Å². The summed E-state index contributed by atoms with van der Waals surface area (Å²) in [5, 5.41) is 16.0. The third-order valence-electron chi connectivity index (χ3n) is 4.03. The van der Waals surface area contributed by atoms with Gasteiger partial charge in [0, 0.05) is 6.42 Å². The van der Waals surface area contributed by atoms with E-state index in [1.54, 1.807) is 0 Å². The second kappa shape index (κ2) is 8.44. The molecule has 0 aliphatic carbocycles. The van der Waals surface area contributed by atoms with Crippen molar-refractivity contribution in [3.63, 3.8) is 0 Å². The lowest BCUT2D eigenvalue weighted by Crippen LogP contribution is -2.54. The lowest BCUT2D eigenvalue weighted by Gasteiger charge is -2.21. The van der Waals surface area contributed by atoms with Crippen LogP contribution in [0, 0.1) is 0 Å². The van der Waals surface area contributed by atoms with Crippen LogP contribution in [0.15, 0.2) is 42.5 Å². The molecule has 0 heterocycles. The summed E-state index contributed by atoms with van der Waals surface area (Å²) in [5.74, 6) is -2.20. The highest BCUT2D eigenvalue weighted by atomic mass is 16.4. The molecule has 0 radical (unpaired) electrons. The Labute approximate surface area is 151 Å². The van der Waals surface area contributed by atoms with Crippen LogP contribution in [0.4, 0.5) is 0 Å². The molecule has 0 aliphatic heterocycles. The zero-order valence-electron chi connectivity index (χ0n) is 14.7. The van der Waals surface area contributed by atoms with Gasteiger partial charge in [-0.3, -0.25) is 14.4 Å². The van der Waals surface area contributed by atoms with Gasteiger partial charge in [-0.15, -0.1) is 0 Å². The lowest BCUT2D eigenvalue weighted by atomic mass is 10.0. The Bertz CT molecular complexity index is 819. The molecule has 0 saturated carbocycles. The average Bonchev–Trinajstić information content (AvgIpc) is 2.60. The molecule has 0 spiro atoms. The first-order valence-electron chi connectivity index (χ1n) is 8.34. The van der Waals surface area contributed by atoms with E-state index >= 15 is 0 Å². The molecule has 0 unspecified atom stereocenters. The lowest BCUT2D eigenvalue weighted by molar-refractivity contribution is -0.141. The smallest absolute Gasteiger partial charge is 0.325 e. The molecule has 2 amide bonds. The van der Waals surface area contributed by atoms with Crippen molar-refractivity contribution in [2.45, 2.75) is 38.4 Å². The second-order valence-electron chi connectivity index (χ2n) is 6.30. The summed E-state index contributed by atoms with van der Waals surface area (Å²) in [6, 6.07) is 10.8. The molecule has 2 aromatic carbocycles. The number of amides is 2. The fraction of sp³-hybridized carbons (Fsp3) is 0.316. The van der Waals surface area contributed by atoms with Gasteiger partial charge in [-0.25, -0.2) is 0 Å². The Morgan fingerprint density at radius 2 is 1.65 bits per heavy atom. The first-order chi connectivity index (χ1) is 12.3.